The minimum Gasteiger partial charge on any atom is -0.760 e. The predicted octanol–water partition coefficient (Wildman–Crippen LogP) is 2.98. The molecule has 29 heavy (non-hydrogen) atoms. The van der Waals surface area contributed by atoms with Crippen LogP contribution >= 0.6 is 0 Å². The first-order chi connectivity index (χ1) is 14.1. The Kier molecular flexibility index (Phi) is 5.62. The third kappa shape index (κ3) is 4.17. The maximum atomic E-state index is 13.0. The van der Waals surface area contributed by atoms with Gasteiger partial charge in [-0.25, -0.2) is 4.72 Å². The smallest absolute Gasteiger partial charge is 0.279 e. The summed E-state index contributed by atoms with van der Waals surface area (Å²) in [4.78, 5) is 13.0. The lowest BCUT2D eigenvalue weighted by atomic mass is 10.0. The molecule has 0 radical (unpaired) electrons. The maximum Gasteiger partial charge on any atom is 0.279 e. The summed E-state index contributed by atoms with van der Waals surface area (Å²) in [6.45, 7) is 0.317. The van der Waals surface area contributed by atoms with E-state index in [0.29, 0.717) is 29.7 Å². The highest BCUT2D eigenvalue weighted by Crippen LogP contribution is 2.26. The molecule has 1 heterocycles. The summed E-state index contributed by atoms with van der Waals surface area (Å²) in [5.74, 6) is 0. The Bertz CT molecular complexity index is 1240. The molecule has 4 rings (SSSR count). The van der Waals surface area contributed by atoms with Crippen molar-refractivity contribution >= 4 is 22.0 Å². The van der Waals surface area contributed by atoms with Crippen molar-refractivity contribution in [2.45, 2.75) is 6.42 Å². The summed E-state index contributed by atoms with van der Waals surface area (Å²) >= 11 is -2.28. The van der Waals surface area contributed by atoms with Gasteiger partial charge in [0.25, 0.3) is 5.56 Å². The van der Waals surface area contributed by atoms with E-state index in [9.17, 15) is 13.6 Å². The van der Waals surface area contributed by atoms with Crippen molar-refractivity contribution < 1.29 is 8.76 Å². The number of para-hydroxylation sites is 1. The monoisotopic (exact) mass is 404 g/mol. The van der Waals surface area contributed by atoms with E-state index in [0.717, 1.165) is 16.5 Å². The van der Waals surface area contributed by atoms with Gasteiger partial charge in [0.1, 0.15) is 0 Å². The zero-order chi connectivity index (χ0) is 20.2. The van der Waals surface area contributed by atoms with Crippen LogP contribution in [0.15, 0.2) is 83.7 Å². The fraction of sp³-hybridized carbons (Fsp3) is 0.0909. The molecule has 146 valence electrons. The highest BCUT2D eigenvalue weighted by atomic mass is 32.2. The second-order valence-electron chi connectivity index (χ2n) is 6.53. The van der Waals surface area contributed by atoms with Crippen molar-refractivity contribution in [3.63, 3.8) is 0 Å². The minimum absolute atomic E-state index is 0.172. The first-order valence-corrected chi connectivity index (χ1v) is 10.2. The van der Waals surface area contributed by atoms with Crippen LogP contribution in [0.25, 0.3) is 27.7 Å². The van der Waals surface area contributed by atoms with Crippen molar-refractivity contribution in [2.24, 2.45) is 0 Å². The molecule has 0 fully saturated rings. The zero-order valence-electron chi connectivity index (χ0n) is 15.4. The number of hydrogen-bond donors (Lipinski definition) is 1. The molecule has 0 amide bonds. The van der Waals surface area contributed by atoms with E-state index < -0.39 is 11.3 Å². The molecule has 0 saturated heterocycles. The van der Waals surface area contributed by atoms with E-state index in [1.54, 1.807) is 6.07 Å². The van der Waals surface area contributed by atoms with Crippen LogP contribution in [0.2, 0.25) is 0 Å². The van der Waals surface area contributed by atoms with Crippen molar-refractivity contribution in [1.29, 1.82) is 0 Å². The summed E-state index contributed by atoms with van der Waals surface area (Å²) in [6.07, 6.45) is 0.554. The second-order valence-corrected chi connectivity index (χ2v) is 7.28. The van der Waals surface area contributed by atoms with Crippen LogP contribution in [-0.4, -0.2) is 25.1 Å². The molecule has 0 aliphatic heterocycles. The molecule has 0 spiro atoms. The molecule has 3 aromatic carbocycles. The van der Waals surface area contributed by atoms with Crippen LogP contribution in [0, 0.1) is 0 Å². The van der Waals surface area contributed by atoms with Crippen LogP contribution < -0.4 is 10.3 Å². The van der Waals surface area contributed by atoms with Gasteiger partial charge >= 0.3 is 0 Å². The number of nitrogens with zero attached hydrogens (tertiary/aromatic N) is 2. The Balaban J connectivity index is 1.85. The molecule has 0 bridgehead atoms. The van der Waals surface area contributed by atoms with Crippen molar-refractivity contribution in [2.75, 3.05) is 6.54 Å². The molecule has 1 aromatic heterocycles. The number of hydrogen-bond acceptors (Lipinski definition) is 4. The van der Waals surface area contributed by atoms with Crippen LogP contribution in [0.1, 0.15) is 5.56 Å². The highest BCUT2D eigenvalue weighted by Gasteiger charge is 2.13. The maximum absolute atomic E-state index is 13.0. The molecule has 1 unspecified atom stereocenters. The Morgan fingerprint density at radius 3 is 2.41 bits per heavy atom. The summed E-state index contributed by atoms with van der Waals surface area (Å²) in [5.41, 5.74) is 3.07. The average molecular weight is 404 g/mol. The summed E-state index contributed by atoms with van der Waals surface area (Å²) in [6, 6.07) is 24.5. The molecule has 6 nitrogen and oxygen atoms in total. The molecule has 0 aliphatic rings. The van der Waals surface area contributed by atoms with Crippen LogP contribution in [-0.2, 0) is 17.7 Å². The van der Waals surface area contributed by atoms with E-state index in [1.807, 2.05) is 72.8 Å². The van der Waals surface area contributed by atoms with E-state index in [2.05, 4.69) is 9.82 Å². The Morgan fingerprint density at radius 2 is 1.66 bits per heavy atom. The molecule has 1 atom stereocenters. The predicted molar refractivity (Wildman–Crippen MR) is 113 cm³/mol. The SMILES string of the molecule is O=c1c2ccccc2c(-c2cccc(CCNS(=O)[O-])c2)nn1-c1ccccc1. The number of rotatable bonds is 6. The summed E-state index contributed by atoms with van der Waals surface area (Å²) in [5, 5.41) is 6.05. The van der Waals surface area contributed by atoms with Gasteiger partial charge in [-0.1, -0.05) is 54.6 Å². The standard InChI is InChI=1S/C22H19N3O3S/c26-22-20-12-5-4-11-19(20)21(24-25(22)18-9-2-1-3-10-18)17-8-6-7-16(15-17)13-14-23-29(27)28/h1-12,15,23H,13-14H2,(H,27,28)/p-1. The van der Waals surface area contributed by atoms with Gasteiger partial charge in [-0.15, -0.1) is 0 Å². The largest absolute Gasteiger partial charge is 0.760 e. The van der Waals surface area contributed by atoms with Crippen molar-refractivity contribution in [3.05, 3.63) is 94.8 Å². The van der Waals surface area contributed by atoms with Gasteiger partial charge in [0.15, 0.2) is 0 Å². The number of aromatic nitrogens is 2. The molecular formula is C22H18N3O3S-. The fourth-order valence-electron chi connectivity index (χ4n) is 3.30. The molecular weight excluding hydrogens is 386 g/mol. The van der Waals surface area contributed by atoms with Gasteiger partial charge in [-0.05, 0) is 36.2 Å². The van der Waals surface area contributed by atoms with Gasteiger partial charge in [-0.3, -0.25) is 9.00 Å². The number of fused-ring (bicyclic) bond motifs is 1. The average Bonchev–Trinajstić information content (AvgIpc) is 2.75. The zero-order valence-corrected chi connectivity index (χ0v) is 16.3. The Hall–Kier alpha value is -3.13. The van der Waals surface area contributed by atoms with E-state index in [1.165, 1.54) is 4.68 Å². The first kappa shape index (κ1) is 19.2. The molecule has 1 N–H and O–H groups in total. The Morgan fingerprint density at radius 1 is 0.931 bits per heavy atom. The van der Waals surface area contributed by atoms with Crippen molar-refractivity contribution in [1.82, 2.24) is 14.5 Å². The fourth-order valence-corrected chi connectivity index (χ4v) is 3.57. The molecule has 7 heteroatoms. The lowest BCUT2D eigenvalue weighted by Gasteiger charge is -2.12. The van der Waals surface area contributed by atoms with Gasteiger partial charge in [-0.2, -0.15) is 9.78 Å². The normalized spacial score (nSPS) is 12.2. The number of benzene rings is 3. The van der Waals surface area contributed by atoms with Crippen LogP contribution in [0.5, 0.6) is 0 Å². The van der Waals surface area contributed by atoms with Crippen molar-refractivity contribution in [3.8, 4) is 16.9 Å². The quantitative estimate of drug-likeness (QED) is 0.501. The molecule has 4 aromatic rings. The second kappa shape index (κ2) is 8.48. The number of nitrogens with one attached hydrogen (secondary N) is 1. The van der Waals surface area contributed by atoms with E-state index in [-0.39, 0.29) is 5.56 Å². The molecule has 0 saturated carbocycles. The lowest BCUT2D eigenvalue weighted by Crippen LogP contribution is -2.22. The van der Waals surface area contributed by atoms with E-state index in [4.69, 9.17) is 0 Å². The Labute approximate surface area is 170 Å². The lowest BCUT2D eigenvalue weighted by molar-refractivity contribution is 0.523. The van der Waals surface area contributed by atoms with Gasteiger partial charge in [0.05, 0.1) is 16.8 Å². The summed E-state index contributed by atoms with van der Waals surface area (Å²) in [7, 11) is 0. The van der Waals surface area contributed by atoms with E-state index >= 15 is 0 Å². The highest BCUT2D eigenvalue weighted by molar-refractivity contribution is 7.77. The minimum atomic E-state index is -2.28. The summed E-state index contributed by atoms with van der Waals surface area (Å²) < 4.78 is 25.1. The van der Waals surface area contributed by atoms with Crippen LogP contribution in [0.4, 0.5) is 0 Å². The first-order valence-electron chi connectivity index (χ1n) is 9.13. The topological polar surface area (TPSA) is 87.1 Å². The van der Waals surface area contributed by atoms with Gasteiger partial charge in [0, 0.05) is 28.8 Å². The third-order valence-corrected chi connectivity index (χ3v) is 5.08. The van der Waals surface area contributed by atoms with Gasteiger partial charge in [0.2, 0.25) is 0 Å². The third-order valence-electron chi connectivity index (χ3n) is 4.64. The molecule has 0 aliphatic carbocycles. The van der Waals surface area contributed by atoms with Crippen LogP contribution in [0.3, 0.4) is 0 Å². The van der Waals surface area contributed by atoms with Gasteiger partial charge < -0.3 is 4.55 Å².